The van der Waals surface area contributed by atoms with Gasteiger partial charge in [-0.25, -0.2) is 0 Å². The average Bonchev–Trinajstić information content (AvgIpc) is 2.75. The summed E-state index contributed by atoms with van der Waals surface area (Å²) >= 11 is 0. The highest BCUT2D eigenvalue weighted by molar-refractivity contribution is 4.98. The first-order chi connectivity index (χ1) is 5.43. The molecular formula is C10H19N. The Morgan fingerprint density at radius 3 is 2.36 bits per heavy atom. The fraction of sp³-hybridized carbons (Fsp3) is 1.00. The second kappa shape index (κ2) is 3.14. The summed E-state index contributed by atoms with van der Waals surface area (Å²) in [5.74, 6) is 3.42. The van der Waals surface area contributed by atoms with Crippen LogP contribution in [0.1, 0.15) is 32.1 Å². The maximum absolute atomic E-state index is 3.25. The van der Waals surface area contributed by atoms with Crippen LogP contribution in [0.25, 0.3) is 0 Å². The van der Waals surface area contributed by atoms with Crippen LogP contribution in [0.15, 0.2) is 0 Å². The van der Waals surface area contributed by atoms with Crippen molar-refractivity contribution in [2.24, 2.45) is 17.8 Å². The molecule has 0 spiro atoms. The van der Waals surface area contributed by atoms with E-state index < -0.39 is 0 Å². The monoisotopic (exact) mass is 153 g/mol. The van der Waals surface area contributed by atoms with E-state index in [9.17, 15) is 0 Å². The fourth-order valence-corrected chi connectivity index (χ4v) is 2.88. The number of hydrogen-bond acceptors (Lipinski definition) is 1. The normalized spacial score (nSPS) is 41.7. The molecule has 64 valence electrons. The predicted molar refractivity (Wildman–Crippen MR) is 47.5 cm³/mol. The van der Waals surface area contributed by atoms with E-state index in [-0.39, 0.29) is 0 Å². The first kappa shape index (κ1) is 7.60. The van der Waals surface area contributed by atoms with Crippen molar-refractivity contribution in [2.75, 3.05) is 13.6 Å². The second-order valence-electron chi connectivity index (χ2n) is 4.17. The zero-order valence-electron chi connectivity index (χ0n) is 7.47. The molecule has 1 nitrogen and oxygen atoms in total. The molecule has 2 aliphatic carbocycles. The van der Waals surface area contributed by atoms with E-state index in [1.165, 1.54) is 25.8 Å². The van der Waals surface area contributed by atoms with Crippen LogP contribution in [-0.2, 0) is 0 Å². The topological polar surface area (TPSA) is 12.0 Å². The van der Waals surface area contributed by atoms with Gasteiger partial charge < -0.3 is 5.32 Å². The van der Waals surface area contributed by atoms with Crippen molar-refractivity contribution in [3.05, 3.63) is 0 Å². The molecule has 11 heavy (non-hydrogen) atoms. The molecular weight excluding hydrogens is 134 g/mol. The van der Waals surface area contributed by atoms with Crippen molar-refractivity contribution in [1.82, 2.24) is 5.32 Å². The second-order valence-corrected chi connectivity index (χ2v) is 4.17. The van der Waals surface area contributed by atoms with E-state index >= 15 is 0 Å². The number of rotatable bonds is 3. The Kier molecular flexibility index (Phi) is 2.17. The molecule has 0 bridgehead atoms. The van der Waals surface area contributed by atoms with Crippen molar-refractivity contribution in [1.29, 1.82) is 0 Å². The molecule has 0 aromatic carbocycles. The van der Waals surface area contributed by atoms with Gasteiger partial charge in [0.05, 0.1) is 0 Å². The highest BCUT2D eigenvalue weighted by Crippen LogP contribution is 2.56. The first-order valence-electron chi connectivity index (χ1n) is 5.08. The maximum atomic E-state index is 3.25. The zero-order chi connectivity index (χ0) is 7.68. The Labute approximate surface area is 69.6 Å². The van der Waals surface area contributed by atoms with Gasteiger partial charge >= 0.3 is 0 Å². The van der Waals surface area contributed by atoms with Gasteiger partial charge in [-0.1, -0.05) is 12.8 Å². The molecule has 0 amide bonds. The van der Waals surface area contributed by atoms with Crippen LogP contribution < -0.4 is 5.32 Å². The lowest BCUT2D eigenvalue weighted by Crippen LogP contribution is -2.08. The van der Waals surface area contributed by atoms with Crippen LogP contribution in [0, 0.1) is 17.8 Å². The van der Waals surface area contributed by atoms with Gasteiger partial charge in [0.2, 0.25) is 0 Å². The third kappa shape index (κ3) is 1.44. The molecule has 2 unspecified atom stereocenters. The standard InChI is InChI=1S/C10H19N/c1-11-7-6-10-8-4-2-3-5-9(8)10/h8-11H,2-7H2,1H3. The molecule has 2 fully saturated rings. The maximum Gasteiger partial charge on any atom is -0.00491 e. The van der Waals surface area contributed by atoms with E-state index in [4.69, 9.17) is 0 Å². The summed E-state index contributed by atoms with van der Waals surface area (Å²) in [5.41, 5.74) is 0. The fourth-order valence-electron chi connectivity index (χ4n) is 2.88. The van der Waals surface area contributed by atoms with Gasteiger partial charge in [-0.2, -0.15) is 0 Å². The zero-order valence-corrected chi connectivity index (χ0v) is 7.47. The van der Waals surface area contributed by atoms with Crippen molar-refractivity contribution < 1.29 is 0 Å². The van der Waals surface area contributed by atoms with Crippen LogP contribution in [0.3, 0.4) is 0 Å². The van der Waals surface area contributed by atoms with Crippen molar-refractivity contribution in [3.63, 3.8) is 0 Å². The SMILES string of the molecule is CNCCC1C2CCCCC21. The van der Waals surface area contributed by atoms with Crippen LogP contribution >= 0.6 is 0 Å². The Morgan fingerprint density at radius 1 is 1.18 bits per heavy atom. The van der Waals surface area contributed by atoms with Crippen LogP contribution in [0.5, 0.6) is 0 Å². The van der Waals surface area contributed by atoms with E-state index in [1.807, 2.05) is 0 Å². The van der Waals surface area contributed by atoms with Crippen LogP contribution in [-0.4, -0.2) is 13.6 Å². The smallest absolute Gasteiger partial charge is 0.00491 e. The van der Waals surface area contributed by atoms with E-state index in [2.05, 4.69) is 12.4 Å². The van der Waals surface area contributed by atoms with Crippen molar-refractivity contribution in [3.8, 4) is 0 Å². The largest absolute Gasteiger partial charge is 0.320 e. The van der Waals surface area contributed by atoms with E-state index in [1.54, 1.807) is 12.8 Å². The molecule has 0 saturated heterocycles. The van der Waals surface area contributed by atoms with Crippen molar-refractivity contribution >= 4 is 0 Å². The minimum Gasteiger partial charge on any atom is -0.320 e. The number of nitrogens with one attached hydrogen (secondary N) is 1. The summed E-state index contributed by atoms with van der Waals surface area (Å²) in [6, 6.07) is 0. The summed E-state index contributed by atoms with van der Waals surface area (Å²) in [7, 11) is 2.06. The molecule has 2 saturated carbocycles. The molecule has 2 aliphatic rings. The summed E-state index contributed by atoms with van der Waals surface area (Å²) < 4.78 is 0. The summed E-state index contributed by atoms with van der Waals surface area (Å²) in [5, 5.41) is 3.25. The van der Waals surface area contributed by atoms with Crippen LogP contribution in [0.4, 0.5) is 0 Å². The van der Waals surface area contributed by atoms with Crippen LogP contribution in [0.2, 0.25) is 0 Å². The van der Waals surface area contributed by atoms with E-state index in [0.29, 0.717) is 0 Å². The molecule has 0 aliphatic heterocycles. The van der Waals surface area contributed by atoms with Gasteiger partial charge in [-0.3, -0.25) is 0 Å². The Hall–Kier alpha value is -0.0400. The van der Waals surface area contributed by atoms with Gasteiger partial charge in [0.15, 0.2) is 0 Å². The molecule has 0 aromatic heterocycles. The number of fused-ring (bicyclic) bond motifs is 1. The van der Waals surface area contributed by atoms with Gasteiger partial charge in [0, 0.05) is 0 Å². The minimum absolute atomic E-state index is 1.12. The summed E-state index contributed by atoms with van der Waals surface area (Å²) in [4.78, 5) is 0. The molecule has 0 aromatic rings. The van der Waals surface area contributed by atoms with Gasteiger partial charge in [-0.05, 0) is 50.6 Å². The third-order valence-corrected chi connectivity index (χ3v) is 3.56. The highest BCUT2D eigenvalue weighted by Gasteiger charge is 2.49. The molecule has 2 rings (SSSR count). The average molecular weight is 153 g/mol. The predicted octanol–water partition coefficient (Wildman–Crippen LogP) is 2.03. The number of hydrogen-bond donors (Lipinski definition) is 1. The third-order valence-electron chi connectivity index (χ3n) is 3.56. The molecule has 1 N–H and O–H groups in total. The molecule has 1 heteroatoms. The Bertz CT molecular complexity index is 121. The quantitative estimate of drug-likeness (QED) is 0.654. The van der Waals surface area contributed by atoms with Gasteiger partial charge in [0.25, 0.3) is 0 Å². The lowest BCUT2D eigenvalue weighted by atomic mass is 10.0. The Morgan fingerprint density at radius 2 is 1.82 bits per heavy atom. The molecule has 0 radical (unpaired) electrons. The van der Waals surface area contributed by atoms with Gasteiger partial charge in [0.1, 0.15) is 0 Å². The minimum atomic E-state index is 1.12. The lowest BCUT2D eigenvalue weighted by molar-refractivity contribution is 0.480. The van der Waals surface area contributed by atoms with Gasteiger partial charge in [-0.15, -0.1) is 0 Å². The summed E-state index contributed by atoms with van der Waals surface area (Å²) in [6.07, 6.45) is 7.54. The molecule has 0 heterocycles. The summed E-state index contributed by atoms with van der Waals surface area (Å²) in [6.45, 7) is 1.23. The Balaban J connectivity index is 1.72. The first-order valence-corrected chi connectivity index (χ1v) is 5.08. The van der Waals surface area contributed by atoms with E-state index in [0.717, 1.165) is 17.8 Å². The van der Waals surface area contributed by atoms with Crippen molar-refractivity contribution in [2.45, 2.75) is 32.1 Å². The highest BCUT2D eigenvalue weighted by atomic mass is 14.8. The lowest BCUT2D eigenvalue weighted by Gasteiger charge is -2.05. The molecule has 2 atom stereocenters.